The van der Waals surface area contributed by atoms with Gasteiger partial charge in [0.25, 0.3) is 0 Å². The van der Waals surface area contributed by atoms with Crippen molar-refractivity contribution >= 4 is 0 Å². The van der Waals surface area contributed by atoms with Crippen LogP contribution in [-0.4, -0.2) is 30.6 Å². The molecule has 0 aromatic heterocycles. The highest BCUT2D eigenvalue weighted by atomic mass is 19.1. The van der Waals surface area contributed by atoms with Gasteiger partial charge in [0.05, 0.1) is 0 Å². The zero-order valence-corrected chi connectivity index (χ0v) is 12.6. The fourth-order valence-electron chi connectivity index (χ4n) is 2.31. The van der Waals surface area contributed by atoms with Gasteiger partial charge < -0.3 is 5.32 Å². The van der Waals surface area contributed by atoms with Crippen molar-refractivity contribution in [1.29, 1.82) is 0 Å². The number of likely N-dealkylation sites (N-methyl/N-ethyl adjacent to an activating group) is 1. The van der Waals surface area contributed by atoms with Gasteiger partial charge in [0.1, 0.15) is 5.82 Å². The lowest BCUT2D eigenvalue weighted by atomic mass is 10.0. The summed E-state index contributed by atoms with van der Waals surface area (Å²) >= 11 is 0. The third kappa shape index (κ3) is 5.29. The van der Waals surface area contributed by atoms with Gasteiger partial charge in [-0.1, -0.05) is 26.0 Å². The first-order chi connectivity index (χ1) is 9.08. The normalized spacial score (nSPS) is 14.6. The number of hydrogen-bond donors (Lipinski definition) is 1. The SMILES string of the molecule is CCCNC(CC)C(C)N(C)Cc1ccc(F)cc1. The van der Waals surface area contributed by atoms with Crippen molar-refractivity contribution in [3.8, 4) is 0 Å². The summed E-state index contributed by atoms with van der Waals surface area (Å²) in [5, 5.41) is 3.59. The van der Waals surface area contributed by atoms with Crippen LogP contribution >= 0.6 is 0 Å². The van der Waals surface area contributed by atoms with Crippen LogP contribution in [0.25, 0.3) is 0 Å². The zero-order valence-electron chi connectivity index (χ0n) is 12.6. The van der Waals surface area contributed by atoms with Crippen LogP contribution in [0.3, 0.4) is 0 Å². The highest BCUT2D eigenvalue weighted by Gasteiger charge is 2.18. The molecule has 0 saturated carbocycles. The molecule has 2 atom stereocenters. The van der Waals surface area contributed by atoms with Crippen LogP contribution in [0.5, 0.6) is 0 Å². The van der Waals surface area contributed by atoms with E-state index in [1.54, 1.807) is 0 Å². The molecule has 108 valence electrons. The van der Waals surface area contributed by atoms with Gasteiger partial charge in [0, 0.05) is 18.6 Å². The topological polar surface area (TPSA) is 15.3 Å². The number of nitrogens with zero attached hydrogens (tertiary/aromatic N) is 1. The van der Waals surface area contributed by atoms with Crippen molar-refractivity contribution in [3.05, 3.63) is 35.6 Å². The first-order valence-corrected chi connectivity index (χ1v) is 7.26. The molecule has 0 aliphatic heterocycles. The molecule has 0 radical (unpaired) electrons. The monoisotopic (exact) mass is 266 g/mol. The van der Waals surface area contributed by atoms with Gasteiger partial charge in [-0.25, -0.2) is 4.39 Å². The van der Waals surface area contributed by atoms with Crippen LogP contribution in [0.2, 0.25) is 0 Å². The predicted molar refractivity (Wildman–Crippen MR) is 79.7 cm³/mol. The van der Waals surface area contributed by atoms with Crippen LogP contribution in [0.1, 0.15) is 39.2 Å². The third-order valence-corrected chi connectivity index (χ3v) is 3.72. The summed E-state index contributed by atoms with van der Waals surface area (Å²) in [6, 6.07) is 7.74. The van der Waals surface area contributed by atoms with E-state index in [9.17, 15) is 4.39 Å². The molecule has 0 bridgehead atoms. The molecule has 1 rings (SSSR count). The first-order valence-electron chi connectivity index (χ1n) is 7.26. The second-order valence-corrected chi connectivity index (χ2v) is 5.25. The average Bonchev–Trinajstić information content (AvgIpc) is 2.42. The molecule has 0 heterocycles. The Morgan fingerprint density at radius 1 is 1.21 bits per heavy atom. The Bertz CT molecular complexity index is 350. The summed E-state index contributed by atoms with van der Waals surface area (Å²) in [4.78, 5) is 2.32. The maximum atomic E-state index is 12.9. The van der Waals surface area contributed by atoms with Gasteiger partial charge in [0.2, 0.25) is 0 Å². The van der Waals surface area contributed by atoms with E-state index >= 15 is 0 Å². The zero-order chi connectivity index (χ0) is 14.3. The Balaban J connectivity index is 2.55. The predicted octanol–water partition coefficient (Wildman–Crippen LogP) is 3.42. The fourth-order valence-corrected chi connectivity index (χ4v) is 2.31. The van der Waals surface area contributed by atoms with Crippen molar-refractivity contribution in [2.24, 2.45) is 0 Å². The van der Waals surface area contributed by atoms with Crippen molar-refractivity contribution in [2.75, 3.05) is 13.6 Å². The average molecular weight is 266 g/mol. The van der Waals surface area contributed by atoms with Crippen molar-refractivity contribution in [2.45, 2.75) is 52.2 Å². The molecule has 2 unspecified atom stereocenters. The summed E-state index contributed by atoms with van der Waals surface area (Å²) in [7, 11) is 2.13. The maximum absolute atomic E-state index is 12.9. The van der Waals surface area contributed by atoms with Crippen molar-refractivity contribution in [1.82, 2.24) is 10.2 Å². The Kier molecular flexibility index (Phi) is 7.03. The van der Waals surface area contributed by atoms with E-state index in [2.05, 4.69) is 38.0 Å². The molecule has 1 N–H and O–H groups in total. The van der Waals surface area contributed by atoms with E-state index in [4.69, 9.17) is 0 Å². The molecular formula is C16H27FN2. The third-order valence-electron chi connectivity index (χ3n) is 3.72. The van der Waals surface area contributed by atoms with Crippen LogP contribution in [0, 0.1) is 5.82 Å². The minimum atomic E-state index is -0.171. The number of benzene rings is 1. The van der Waals surface area contributed by atoms with Crippen molar-refractivity contribution in [3.63, 3.8) is 0 Å². The summed E-state index contributed by atoms with van der Waals surface area (Å²) in [6.07, 6.45) is 2.28. The van der Waals surface area contributed by atoms with Crippen LogP contribution < -0.4 is 5.32 Å². The molecule has 0 spiro atoms. The Hall–Kier alpha value is -0.930. The molecule has 2 nitrogen and oxygen atoms in total. The van der Waals surface area contributed by atoms with Crippen molar-refractivity contribution < 1.29 is 4.39 Å². The Morgan fingerprint density at radius 2 is 1.84 bits per heavy atom. The molecule has 0 saturated heterocycles. The smallest absolute Gasteiger partial charge is 0.123 e. The minimum absolute atomic E-state index is 0.171. The van der Waals surface area contributed by atoms with E-state index in [-0.39, 0.29) is 5.82 Å². The number of hydrogen-bond acceptors (Lipinski definition) is 2. The summed E-state index contributed by atoms with van der Waals surface area (Å²) in [6.45, 7) is 8.57. The summed E-state index contributed by atoms with van der Waals surface area (Å²) in [5.74, 6) is -0.171. The lowest BCUT2D eigenvalue weighted by Gasteiger charge is -2.32. The minimum Gasteiger partial charge on any atom is -0.312 e. The molecular weight excluding hydrogens is 239 g/mol. The molecule has 0 aliphatic carbocycles. The standard InChI is InChI=1S/C16H27FN2/c1-5-11-18-16(6-2)13(3)19(4)12-14-7-9-15(17)10-8-14/h7-10,13,16,18H,5-6,11-12H2,1-4H3. The molecule has 1 aromatic carbocycles. The van der Waals surface area contributed by atoms with Crippen LogP contribution in [0.15, 0.2) is 24.3 Å². The lowest BCUT2D eigenvalue weighted by Crippen LogP contribution is -2.46. The van der Waals surface area contributed by atoms with E-state index < -0.39 is 0 Å². The van der Waals surface area contributed by atoms with E-state index in [1.807, 2.05) is 12.1 Å². The van der Waals surface area contributed by atoms with Gasteiger partial charge in [0.15, 0.2) is 0 Å². The summed E-state index contributed by atoms with van der Waals surface area (Å²) < 4.78 is 12.9. The number of halogens is 1. The Labute approximate surface area is 117 Å². The van der Waals surface area contributed by atoms with Gasteiger partial charge in [-0.3, -0.25) is 4.90 Å². The van der Waals surface area contributed by atoms with Crippen LogP contribution in [-0.2, 0) is 6.54 Å². The highest BCUT2D eigenvalue weighted by Crippen LogP contribution is 2.11. The number of rotatable bonds is 8. The van der Waals surface area contributed by atoms with E-state index in [0.717, 1.165) is 31.5 Å². The lowest BCUT2D eigenvalue weighted by molar-refractivity contribution is 0.195. The molecule has 0 amide bonds. The molecule has 19 heavy (non-hydrogen) atoms. The second-order valence-electron chi connectivity index (χ2n) is 5.25. The first kappa shape index (κ1) is 16.1. The Morgan fingerprint density at radius 3 is 2.37 bits per heavy atom. The maximum Gasteiger partial charge on any atom is 0.123 e. The van der Waals surface area contributed by atoms with E-state index in [1.165, 1.54) is 12.1 Å². The van der Waals surface area contributed by atoms with Gasteiger partial charge in [-0.15, -0.1) is 0 Å². The highest BCUT2D eigenvalue weighted by molar-refractivity contribution is 5.15. The van der Waals surface area contributed by atoms with Gasteiger partial charge >= 0.3 is 0 Å². The number of nitrogens with one attached hydrogen (secondary N) is 1. The second kappa shape index (κ2) is 8.28. The van der Waals surface area contributed by atoms with Crippen LogP contribution in [0.4, 0.5) is 4.39 Å². The largest absolute Gasteiger partial charge is 0.312 e. The van der Waals surface area contributed by atoms with Gasteiger partial charge in [-0.2, -0.15) is 0 Å². The fraction of sp³-hybridized carbons (Fsp3) is 0.625. The molecule has 3 heteroatoms. The quantitative estimate of drug-likeness (QED) is 0.775. The van der Waals surface area contributed by atoms with Gasteiger partial charge in [-0.05, 0) is 51.1 Å². The molecule has 0 aliphatic rings. The summed E-state index contributed by atoms with van der Waals surface area (Å²) in [5.41, 5.74) is 1.15. The molecule has 0 fully saturated rings. The van der Waals surface area contributed by atoms with E-state index in [0.29, 0.717) is 12.1 Å². The molecule has 1 aromatic rings.